The van der Waals surface area contributed by atoms with E-state index in [1.54, 1.807) is 7.11 Å². The Labute approximate surface area is 92.1 Å². The highest BCUT2D eigenvalue weighted by atomic mass is 32.2. The maximum atomic E-state index is 5.47. The van der Waals surface area contributed by atoms with Crippen molar-refractivity contribution in [2.45, 2.75) is 32.7 Å². The summed E-state index contributed by atoms with van der Waals surface area (Å²) in [5.41, 5.74) is 2.86. The van der Waals surface area contributed by atoms with E-state index in [1.807, 2.05) is 11.8 Å². The molecule has 1 unspecified atom stereocenters. The van der Waals surface area contributed by atoms with Crippen LogP contribution in [-0.4, -0.2) is 31.3 Å². The highest BCUT2D eigenvalue weighted by Gasteiger charge is 2.06. The molecule has 0 spiro atoms. The van der Waals surface area contributed by atoms with E-state index in [4.69, 9.17) is 10.6 Å². The van der Waals surface area contributed by atoms with E-state index in [1.165, 1.54) is 5.75 Å². The number of nitrogens with two attached hydrogens (primary N) is 1. The van der Waals surface area contributed by atoms with Crippen LogP contribution in [0.4, 0.5) is 0 Å². The van der Waals surface area contributed by atoms with Gasteiger partial charge in [-0.1, -0.05) is 13.8 Å². The Morgan fingerprint density at radius 1 is 1.36 bits per heavy atom. The molecule has 0 amide bonds. The molecule has 0 saturated heterocycles. The lowest BCUT2D eigenvalue weighted by Gasteiger charge is -2.15. The van der Waals surface area contributed by atoms with Crippen LogP contribution in [-0.2, 0) is 4.74 Å². The SMILES string of the molecule is COCCCC(CSCC(C)C)NN. The highest BCUT2D eigenvalue weighted by Crippen LogP contribution is 2.11. The van der Waals surface area contributed by atoms with Crippen LogP contribution in [0.15, 0.2) is 0 Å². The largest absolute Gasteiger partial charge is 0.385 e. The summed E-state index contributed by atoms with van der Waals surface area (Å²) in [6.45, 7) is 5.30. The first-order valence-electron chi connectivity index (χ1n) is 5.23. The zero-order chi connectivity index (χ0) is 10.8. The number of hydrazine groups is 1. The van der Waals surface area contributed by atoms with Crippen LogP contribution in [0.5, 0.6) is 0 Å². The van der Waals surface area contributed by atoms with Crippen molar-refractivity contribution in [1.82, 2.24) is 5.43 Å². The number of ether oxygens (including phenoxy) is 1. The standard InChI is InChI=1S/C10H24N2OS/c1-9(2)7-14-8-10(12-11)5-4-6-13-3/h9-10,12H,4-8,11H2,1-3H3. The molecule has 0 radical (unpaired) electrons. The second-order valence-corrected chi connectivity index (χ2v) is 5.00. The molecular weight excluding hydrogens is 196 g/mol. The Hall–Kier alpha value is 0.230. The molecule has 0 aliphatic rings. The summed E-state index contributed by atoms with van der Waals surface area (Å²) in [7, 11) is 1.73. The molecule has 1 atom stereocenters. The van der Waals surface area contributed by atoms with Gasteiger partial charge in [0.25, 0.3) is 0 Å². The van der Waals surface area contributed by atoms with Crippen molar-refractivity contribution in [2.75, 3.05) is 25.2 Å². The number of hydrogen-bond acceptors (Lipinski definition) is 4. The molecule has 0 aliphatic heterocycles. The van der Waals surface area contributed by atoms with Crippen LogP contribution in [0, 0.1) is 5.92 Å². The summed E-state index contributed by atoms with van der Waals surface area (Å²) in [5.74, 6) is 8.54. The van der Waals surface area contributed by atoms with Gasteiger partial charge in [0.1, 0.15) is 0 Å². The van der Waals surface area contributed by atoms with E-state index < -0.39 is 0 Å². The Bertz CT molecular complexity index is 123. The summed E-state index contributed by atoms with van der Waals surface area (Å²) in [6, 6.07) is 0.425. The lowest BCUT2D eigenvalue weighted by atomic mass is 10.2. The average Bonchev–Trinajstić information content (AvgIpc) is 2.15. The van der Waals surface area contributed by atoms with Gasteiger partial charge in [0.15, 0.2) is 0 Å². The monoisotopic (exact) mass is 220 g/mol. The smallest absolute Gasteiger partial charge is 0.0462 e. The third-order valence-corrected chi connectivity index (χ3v) is 3.45. The van der Waals surface area contributed by atoms with Crippen molar-refractivity contribution in [3.8, 4) is 0 Å². The third-order valence-electron chi connectivity index (χ3n) is 1.91. The summed E-state index contributed by atoms with van der Waals surface area (Å²) in [5, 5.41) is 0. The quantitative estimate of drug-likeness (QED) is 0.352. The van der Waals surface area contributed by atoms with Gasteiger partial charge < -0.3 is 4.74 Å². The van der Waals surface area contributed by atoms with Gasteiger partial charge in [0.05, 0.1) is 0 Å². The lowest BCUT2D eigenvalue weighted by Crippen LogP contribution is -2.37. The molecule has 0 aromatic carbocycles. The predicted molar refractivity (Wildman–Crippen MR) is 64.4 cm³/mol. The van der Waals surface area contributed by atoms with Gasteiger partial charge in [-0.2, -0.15) is 11.8 Å². The Kier molecular flexibility index (Phi) is 9.93. The molecule has 0 aromatic heterocycles. The number of methoxy groups -OCH3 is 1. The first-order chi connectivity index (χ1) is 6.70. The van der Waals surface area contributed by atoms with Crippen molar-refractivity contribution in [2.24, 2.45) is 11.8 Å². The Morgan fingerprint density at radius 2 is 2.07 bits per heavy atom. The van der Waals surface area contributed by atoms with Gasteiger partial charge in [-0.05, 0) is 24.5 Å². The average molecular weight is 220 g/mol. The molecule has 0 saturated carbocycles. The third kappa shape index (κ3) is 8.81. The van der Waals surface area contributed by atoms with Gasteiger partial charge >= 0.3 is 0 Å². The van der Waals surface area contributed by atoms with Gasteiger partial charge in [0, 0.05) is 25.5 Å². The van der Waals surface area contributed by atoms with E-state index in [2.05, 4.69) is 19.3 Å². The number of nitrogens with one attached hydrogen (secondary N) is 1. The zero-order valence-corrected chi connectivity index (χ0v) is 10.4. The number of hydrogen-bond donors (Lipinski definition) is 2. The van der Waals surface area contributed by atoms with E-state index in [9.17, 15) is 0 Å². The molecule has 0 bridgehead atoms. The minimum absolute atomic E-state index is 0.425. The van der Waals surface area contributed by atoms with Crippen LogP contribution < -0.4 is 11.3 Å². The van der Waals surface area contributed by atoms with Crippen LogP contribution in [0.1, 0.15) is 26.7 Å². The van der Waals surface area contributed by atoms with Crippen LogP contribution in [0.3, 0.4) is 0 Å². The molecule has 0 heterocycles. The van der Waals surface area contributed by atoms with Crippen molar-refractivity contribution in [3.05, 3.63) is 0 Å². The minimum atomic E-state index is 0.425. The van der Waals surface area contributed by atoms with Crippen LogP contribution in [0.2, 0.25) is 0 Å². The fraction of sp³-hybridized carbons (Fsp3) is 1.00. The second-order valence-electron chi connectivity index (χ2n) is 3.93. The zero-order valence-electron chi connectivity index (χ0n) is 9.58. The Balaban J connectivity index is 3.38. The summed E-state index contributed by atoms with van der Waals surface area (Å²) < 4.78 is 5.00. The normalized spacial score (nSPS) is 13.5. The van der Waals surface area contributed by atoms with Gasteiger partial charge in [0.2, 0.25) is 0 Å². The van der Waals surface area contributed by atoms with E-state index in [0.29, 0.717) is 6.04 Å². The van der Waals surface area contributed by atoms with Crippen LogP contribution >= 0.6 is 11.8 Å². The first kappa shape index (κ1) is 14.2. The molecule has 3 nitrogen and oxygen atoms in total. The van der Waals surface area contributed by atoms with Crippen molar-refractivity contribution >= 4 is 11.8 Å². The molecule has 0 fully saturated rings. The second kappa shape index (κ2) is 9.77. The van der Waals surface area contributed by atoms with Gasteiger partial charge in [-0.25, -0.2) is 0 Å². The predicted octanol–water partition coefficient (Wildman–Crippen LogP) is 1.63. The van der Waals surface area contributed by atoms with Crippen molar-refractivity contribution < 1.29 is 4.74 Å². The molecule has 3 N–H and O–H groups in total. The fourth-order valence-electron chi connectivity index (χ4n) is 1.13. The van der Waals surface area contributed by atoms with E-state index in [0.717, 1.165) is 31.1 Å². The van der Waals surface area contributed by atoms with Gasteiger partial charge in [-0.3, -0.25) is 11.3 Å². The number of rotatable bonds is 9. The maximum absolute atomic E-state index is 5.47. The highest BCUT2D eigenvalue weighted by molar-refractivity contribution is 7.99. The molecule has 4 heteroatoms. The molecule has 14 heavy (non-hydrogen) atoms. The van der Waals surface area contributed by atoms with Gasteiger partial charge in [-0.15, -0.1) is 0 Å². The fourth-order valence-corrected chi connectivity index (χ4v) is 2.29. The molecular formula is C10H24N2OS. The summed E-state index contributed by atoms with van der Waals surface area (Å²) in [6.07, 6.45) is 2.17. The first-order valence-corrected chi connectivity index (χ1v) is 6.39. The van der Waals surface area contributed by atoms with E-state index >= 15 is 0 Å². The minimum Gasteiger partial charge on any atom is -0.385 e. The lowest BCUT2D eigenvalue weighted by molar-refractivity contribution is 0.189. The molecule has 86 valence electrons. The summed E-state index contributed by atoms with van der Waals surface area (Å²) >= 11 is 1.97. The Morgan fingerprint density at radius 3 is 2.57 bits per heavy atom. The van der Waals surface area contributed by atoms with E-state index in [-0.39, 0.29) is 0 Å². The summed E-state index contributed by atoms with van der Waals surface area (Å²) in [4.78, 5) is 0. The maximum Gasteiger partial charge on any atom is 0.0462 e. The topological polar surface area (TPSA) is 47.3 Å². The number of thioether (sulfide) groups is 1. The van der Waals surface area contributed by atoms with Crippen molar-refractivity contribution in [3.63, 3.8) is 0 Å². The molecule has 0 rings (SSSR count). The van der Waals surface area contributed by atoms with Crippen LogP contribution in [0.25, 0.3) is 0 Å². The molecule has 0 aromatic rings. The van der Waals surface area contributed by atoms with Crippen molar-refractivity contribution in [1.29, 1.82) is 0 Å². The molecule has 0 aliphatic carbocycles.